The van der Waals surface area contributed by atoms with E-state index in [4.69, 9.17) is 14.2 Å². The number of benzene rings is 1. The normalized spacial score (nSPS) is 13.8. The molecule has 1 heterocycles. The number of ether oxygens (including phenoxy) is 3. The third-order valence-corrected chi connectivity index (χ3v) is 4.85. The minimum atomic E-state index is -1.02. The standard InChI is InChI=1S/C23H29FN2O6/c1-12(2)21(15(5)31-17-8-7-16(24)11-13(17)3)32-23(29)14(4)26-22(28)19-20(27)18(30-6)9-10-25-19/h7-12,14-15,21,27H,1-6H3,(H,26,28)/t14-,15-,21?/m0/s1. The Labute approximate surface area is 186 Å². The number of carbonyl (C=O) groups is 2. The molecule has 1 unspecified atom stereocenters. The molecule has 2 N–H and O–H groups in total. The van der Waals surface area contributed by atoms with Gasteiger partial charge in [0.2, 0.25) is 0 Å². The second-order valence-corrected chi connectivity index (χ2v) is 7.78. The molecule has 174 valence electrons. The van der Waals surface area contributed by atoms with Gasteiger partial charge in [-0.1, -0.05) is 13.8 Å². The van der Waals surface area contributed by atoms with Crippen LogP contribution in [0.25, 0.3) is 0 Å². The van der Waals surface area contributed by atoms with Gasteiger partial charge in [-0.2, -0.15) is 0 Å². The van der Waals surface area contributed by atoms with Gasteiger partial charge in [-0.25, -0.2) is 14.2 Å². The number of aryl methyl sites for hydroxylation is 1. The zero-order valence-corrected chi connectivity index (χ0v) is 19.0. The number of halogens is 1. The molecule has 32 heavy (non-hydrogen) atoms. The Morgan fingerprint density at radius 1 is 1.12 bits per heavy atom. The average molecular weight is 448 g/mol. The van der Waals surface area contributed by atoms with Gasteiger partial charge < -0.3 is 24.6 Å². The summed E-state index contributed by atoms with van der Waals surface area (Å²) in [7, 11) is 1.35. The molecule has 0 spiro atoms. The predicted molar refractivity (Wildman–Crippen MR) is 115 cm³/mol. The summed E-state index contributed by atoms with van der Waals surface area (Å²) in [6.07, 6.45) is 0.145. The van der Waals surface area contributed by atoms with Crippen LogP contribution in [0.5, 0.6) is 17.2 Å². The summed E-state index contributed by atoms with van der Waals surface area (Å²) < 4.78 is 29.8. The fourth-order valence-corrected chi connectivity index (χ4v) is 3.11. The maximum Gasteiger partial charge on any atom is 0.328 e. The molecule has 1 aromatic heterocycles. The minimum absolute atomic E-state index is 0.0855. The van der Waals surface area contributed by atoms with Crippen LogP contribution in [-0.2, 0) is 9.53 Å². The van der Waals surface area contributed by atoms with Crippen LogP contribution in [0.3, 0.4) is 0 Å². The van der Waals surface area contributed by atoms with Gasteiger partial charge in [-0.05, 0) is 50.5 Å². The topological polar surface area (TPSA) is 107 Å². The van der Waals surface area contributed by atoms with Crippen LogP contribution in [0.4, 0.5) is 4.39 Å². The molecule has 0 aliphatic carbocycles. The molecule has 0 aliphatic heterocycles. The first-order chi connectivity index (χ1) is 15.0. The van der Waals surface area contributed by atoms with Crippen LogP contribution in [0.1, 0.15) is 43.7 Å². The van der Waals surface area contributed by atoms with Crippen molar-refractivity contribution < 1.29 is 33.3 Å². The van der Waals surface area contributed by atoms with Crippen molar-refractivity contribution in [1.82, 2.24) is 10.3 Å². The Bertz CT molecular complexity index is 965. The Balaban J connectivity index is 2.06. The summed E-state index contributed by atoms with van der Waals surface area (Å²) >= 11 is 0. The van der Waals surface area contributed by atoms with Crippen molar-refractivity contribution in [2.75, 3.05) is 7.11 Å². The van der Waals surface area contributed by atoms with Gasteiger partial charge in [-0.3, -0.25) is 4.79 Å². The maximum atomic E-state index is 13.3. The monoisotopic (exact) mass is 448 g/mol. The summed E-state index contributed by atoms with van der Waals surface area (Å²) in [6.45, 7) is 8.68. The van der Waals surface area contributed by atoms with Crippen molar-refractivity contribution in [1.29, 1.82) is 0 Å². The highest BCUT2D eigenvalue weighted by molar-refractivity contribution is 5.97. The summed E-state index contributed by atoms with van der Waals surface area (Å²) in [5, 5.41) is 12.5. The van der Waals surface area contributed by atoms with Gasteiger partial charge in [0.05, 0.1) is 7.11 Å². The van der Waals surface area contributed by atoms with Gasteiger partial charge in [-0.15, -0.1) is 0 Å². The lowest BCUT2D eigenvalue weighted by atomic mass is 10.0. The van der Waals surface area contributed by atoms with Crippen LogP contribution in [0.15, 0.2) is 30.5 Å². The highest BCUT2D eigenvalue weighted by Crippen LogP contribution is 2.27. The average Bonchev–Trinajstić information content (AvgIpc) is 2.73. The maximum absolute atomic E-state index is 13.3. The van der Waals surface area contributed by atoms with Crippen molar-refractivity contribution in [3.63, 3.8) is 0 Å². The first-order valence-electron chi connectivity index (χ1n) is 10.2. The van der Waals surface area contributed by atoms with Crippen molar-refractivity contribution in [3.05, 3.63) is 47.5 Å². The van der Waals surface area contributed by atoms with E-state index in [1.165, 1.54) is 44.5 Å². The lowest BCUT2D eigenvalue weighted by molar-refractivity contribution is -0.158. The molecule has 2 aromatic rings. The number of hydrogen-bond acceptors (Lipinski definition) is 7. The zero-order chi connectivity index (χ0) is 24.0. The number of aromatic nitrogens is 1. The van der Waals surface area contributed by atoms with Crippen LogP contribution in [0.2, 0.25) is 0 Å². The first kappa shape index (κ1) is 24.9. The highest BCUT2D eigenvalue weighted by Gasteiger charge is 2.30. The van der Waals surface area contributed by atoms with Gasteiger partial charge in [0.25, 0.3) is 5.91 Å². The van der Waals surface area contributed by atoms with E-state index in [0.29, 0.717) is 11.3 Å². The highest BCUT2D eigenvalue weighted by atomic mass is 19.1. The fourth-order valence-electron chi connectivity index (χ4n) is 3.11. The molecule has 0 saturated carbocycles. The largest absolute Gasteiger partial charge is 0.503 e. The van der Waals surface area contributed by atoms with Crippen molar-refractivity contribution in [2.45, 2.75) is 52.9 Å². The van der Waals surface area contributed by atoms with E-state index in [1.807, 2.05) is 13.8 Å². The van der Waals surface area contributed by atoms with E-state index < -0.39 is 35.9 Å². The predicted octanol–water partition coefficient (Wildman–Crippen LogP) is 3.40. The Morgan fingerprint density at radius 3 is 2.41 bits per heavy atom. The van der Waals surface area contributed by atoms with E-state index in [0.717, 1.165) is 0 Å². The lowest BCUT2D eigenvalue weighted by Gasteiger charge is -2.29. The number of amides is 1. The van der Waals surface area contributed by atoms with E-state index in [-0.39, 0.29) is 23.2 Å². The minimum Gasteiger partial charge on any atom is -0.503 e. The summed E-state index contributed by atoms with van der Waals surface area (Å²) in [5.41, 5.74) is 0.352. The third-order valence-electron chi connectivity index (χ3n) is 4.85. The number of pyridine rings is 1. The van der Waals surface area contributed by atoms with Crippen LogP contribution < -0.4 is 14.8 Å². The zero-order valence-electron chi connectivity index (χ0n) is 19.0. The van der Waals surface area contributed by atoms with E-state index in [9.17, 15) is 19.1 Å². The number of aromatic hydroxyl groups is 1. The van der Waals surface area contributed by atoms with Crippen molar-refractivity contribution >= 4 is 11.9 Å². The number of methoxy groups -OCH3 is 1. The Kier molecular flexibility index (Phi) is 8.40. The summed E-state index contributed by atoms with van der Waals surface area (Å²) in [5.74, 6) is -1.74. The van der Waals surface area contributed by atoms with Crippen molar-refractivity contribution in [2.24, 2.45) is 5.92 Å². The molecule has 0 aliphatic rings. The van der Waals surface area contributed by atoms with Gasteiger partial charge in [0.15, 0.2) is 17.2 Å². The Morgan fingerprint density at radius 2 is 1.81 bits per heavy atom. The molecule has 1 aromatic carbocycles. The molecular formula is C23H29FN2O6. The molecule has 0 radical (unpaired) electrons. The lowest BCUT2D eigenvalue weighted by Crippen LogP contribution is -2.45. The molecule has 2 rings (SSSR count). The molecule has 1 amide bonds. The number of hydrogen-bond donors (Lipinski definition) is 2. The van der Waals surface area contributed by atoms with Crippen molar-refractivity contribution in [3.8, 4) is 17.2 Å². The second kappa shape index (κ2) is 10.8. The van der Waals surface area contributed by atoms with Crippen LogP contribution >= 0.6 is 0 Å². The molecule has 8 nitrogen and oxygen atoms in total. The summed E-state index contributed by atoms with van der Waals surface area (Å²) in [6, 6.07) is 4.57. The van der Waals surface area contributed by atoms with Crippen LogP contribution in [-0.4, -0.2) is 47.3 Å². The summed E-state index contributed by atoms with van der Waals surface area (Å²) in [4.78, 5) is 28.9. The van der Waals surface area contributed by atoms with Gasteiger partial charge in [0.1, 0.15) is 29.8 Å². The smallest absolute Gasteiger partial charge is 0.328 e. The Hall–Kier alpha value is -3.36. The number of rotatable bonds is 9. The first-order valence-corrected chi connectivity index (χ1v) is 10.2. The van der Waals surface area contributed by atoms with E-state index in [2.05, 4.69) is 10.3 Å². The quantitative estimate of drug-likeness (QED) is 0.566. The van der Waals surface area contributed by atoms with Gasteiger partial charge in [0, 0.05) is 12.3 Å². The molecule has 3 atom stereocenters. The molecule has 0 fully saturated rings. The molecular weight excluding hydrogens is 419 g/mol. The van der Waals surface area contributed by atoms with Crippen LogP contribution in [0, 0.1) is 18.7 Å². The molecule has 9 heteroatoms. The number of esters is 1. The number of nitrogens with zero attached hydrogens (tertiary/aromatic N) is 1. The SMILES string of the molecule is COc1ccnc(C(=O)N[C@@H](C)C(=O)OC(C(C)C)[C@H](C)Oc2ccc(F)cc2C)c1O. The second-order valence-electron chi connectivity index (χ2n) is 7.78. The van der Waals surface area contributed by atoms with E-state index in [1.54, 1.807) is 13.8 Å². The molecule has 0 saturated heterocycles. The fraction of sp³-hybridized carbons (Fsp3) is 0.435. The third kappa shape index (κ3) is 6.09. The molecule has 0 bridgehead atoms. The van der Waals surface area contributed by atoms with Gasteiger partial charge >= 0.3 is 5.97 Å². The number of nitrogens with one attached hydrogen (secondary N) is 1. The van der Waals surface area contributed by atoms with E-state index >= 15 is 0 Å². The number of carbonyl (C=O) groups excluding carboxylic acids is 2.